The van der Waals surface area contributed by atoms with Gasteiger partial charge >= 0.3 is 5.97 Å². The molecule has 0 aromatic heterocycles. The predicted octanol–water partition coefficient (Wildman–Crippen LogP) is 2.66. The van der Waals surface area contributed by atoms with Gasteiger partial charge in [-0.05, 0) is 30.5 Å². The van der Waals surface area contributed by atoms with Crippen LogP contribution in [0, 0.1) is 18.7 Å². The third-order valence-corrected chi connectivity index (χ3v) is 2.37. The molecule has 2 N–H and O–H groups in total. The van der Waals surface area contributed by atoms with E-state index in [0.29, 0.717) is 0 Å². The Bertz CT molecular complexity index is 391. The summed E-state index contributed by atoms with van der Waals surface area (Å²) in [5, 5.41) is 11.7. The average molecular weight is 225 g/mol. The van der Waals surface area contributed by atoms with Crippen LogP contribution in [0.3, 0.4) is 0 Å². The van der Waals surface area contributed by atoms with Gasteiger partial charge in [0, 0.05) is 0 Å². The summed E-state index contributed by atoms with van der Waals surface area (Å²) in [6.07, 6.45) is 0. The highest BCUT2D eigenvalue weighted by atomic mass is 19.1. The number of carboxylic acids is 1. The summed E-state index contributed by atoms with van der Waals surface area (Å²) in [6, 6.07) is 3.90. The summed E-state index contributed by atoms with van der Waals surface area (Å²) in [5.74, 6) is -1.51. The predicted molar refractivity (Wildman–Crippen MR) is 61.0 cm³/mol. The highest BCUT2D eigenvalue weighted by molar-refractivity contribution is 5.77. The molecule has 0 amide bonds. The van der Waals surface area contributed by atoms with Gasteiger partial charge in [0.15, 0.2) is 0 Å². The van der Waals surface area contributed by atoms with Crippen LogP contribution < -0.4 is 5.32 Å². The van der Waals surface area contributed by atoms with Crippen LogP contribution in [0.4, 0.5) is 10.1 Å². The lowest BCUT2D eigenvalue weighted by molar-refractivity contribution is -0.138. The van der Waals surface area contributed by atoms with E-state index >= 15 is 0 Å². The quantitative estimate of drug-likeness (QED) is 0.828. The number of anilines is 1. The first-order valence-electron chi connectivity index (χ1n) is 5.17. The summed E-state index contributed by atoms with van der Waals surface area (Å²) < 4.78 is 13.5. The second-order valence-electron chi connectivity index (χ2n) is 4.19. The minimum absolute atomic E-state index is 0.113. The number of aliphatic carboxylic acids is 1. The molecule has 0 aliphatic carbocycles. The monoisotopic (exact) mass is 225 g/mol. The van der Waals surface area contributed by atoms with Gasteiger partial charge in [-0.2, -0.15) is 0 Å². The molecule has 0 spiro atoms. The molecule has 1 aromatic carbocycles. The van der Waals surface area contributed by atoms with Gasteiger partial charge in [-0.25, -0.2) is 9.18 Å². The van der Waals surface area contributed by atoms with Crippen LogP contribution in [0.15, 0.2) is 18.2 Å². The molecule has 0 heterocycles. The molecule has 0 aliphatic rings. The molecular formula is C12H16FNO2. The van der Waals surface area contributed by atoms with Gasteiger partial charge in [-0.1, -0.05) is 19.9 Å². The lowest BCUT2D eigenvalue weighted by Crippen LogP contribution is -2.34. The molecule has 16 heavy (non-hydrogen) atoms. The van der Waals surface area contributed by atoms with Gasteiger partial charge in [-0.3, -0.25) is 0 Å². The van der Waals surface area contributed by atoms with E-state index in [0.717, 1.165) is 5.56 Å². The largest absolute Gasteiger partial charge is 0.480 e. The van der Waals surface area contributed by atoms with E-state index in [9.17, 15) is 9.18 Å². The minimum Gasteiger partial charge on any atom is -0.480 e. The van der Waals surface area contributed by atoms with E-state index in [2.05, 4.69) is 5.32 Å². The summed E-state index contributed by atoms with van der Waals surface area (Å²) in [6.45, 7) is 5.33. The van der Waals surface area contributed by atoms with E-state index in [4.69, 9.17) is 5.11 Å². The Morgan fingerprint density at radius 1 is 1.44 bits per heavy atom. The Kier molecular flexibility index (Phi) is 3.88. The van der Waals surface area contributed by atoms with Crippen LogP contribution in [-0.2, 0) is 4.79 Å². The van der Waals surface area contributed by atoms with Crippen molar-refractivity contribution in [2.45, 2.75) is 26.8 Å². The second-order valence-corrected chi connectivity index (χ2v) is 4.19. The van der Waals surface area contributed by atoms with Crippen molar-refractivity contribution in [2.75, 3.05) is 5.32 Å². The molecule has 0 radical (unpaired) electrons. The van der Waals surface area contributed by atoms with Crippen molar-refractivity contribution < 1.29 is 14.3 Å². The van der Waals surface area contributed by atoms with Gasteiger partial charge in [0.2, 0.25) is 0 Å². The molecule has 4 heteroatoms. The van der Waals surface area contributed by atoms with E-state index in [-0.39, 0.29) is 11.6 Å². The van der Waals surface area contributed by atoms with Crippen molar-refractivity contribution in [3.05, 3.63) is 29.6 Å². The third-order valence-electron chi connectivity index (χ3n) is 2.37. The average Bonchev–Trinajstić information content (AvgIpc) is 2.15. The highest BCUT2D eigenvalue weighted by Gasteiger charge is 2.21. The fourth-order valence-electron chi connectivity index (χ4n) is 1.42. The van der Waals surface area contributed by atoms with Crippen molar-refractivity contribution in [1.29, 1.82) is 0 Å². The Hall–Kier alpha value is -1.58. The molecule has 1 atom stereocenters. The number of rotatable bonds is 4. The molecule has 1 unspecified atom stereocenters. The fraction of sp³-hybridized carbons (Fsp3) is 0.417. The molecule has 0 bridgehead atoms. The van der Waals surface area contributed by atoms with E-state index in [1.807, 2.05) is 0 Å². The van der Waals surface area contributed by atoms with Crippen LogP contribution in [0.5, 0.6) is 0 Å². The van der Waals surface area contributed by atoms with Crippen LogP contribution >= 0.6 is 0 Å². The lowest BCUT2D eigenvalue weighted by atomic mass is 10.0. The maximum absolute atomic E-state index is 13.5. The molecular weight excluding hydrogens is 209 g/mol. The van der Waals surface area contributed by atoms with Crippen LogP contribution in [0.2, 0.25) is 0 Å². The van der Waals surface area contributed by atoms with Crippen molar-refractivity contribution in [1.82, 2.24) is 0 Å². The first-order chi connectivity index (χ1) is 7.41. The summed E-state index contributed by atoms with van der Waals surface area (Å²) in [4.78, 5) is 10.9. The van der Waals surface area contributed by atoms with Crippen LogP contribution in [0.25, 0.3) is 0 Å². The third kappa shape index (κ3) is 2.95. The number of hydrogen-bond acceptors (Lipinski definition) is 2. The zero-order valence-electron chi connectivity index (χ0n) is 9.62. The standard InChI is InChI=1S/C12H16FNO2/c1-7(2)11(12(15)16)14-10-5-4-8(3)6-9(10)13/h4-7,11,14H,1-3H3,(H,15,16). The summed E-state index contributed by atoms with van der Waals surface area (Å²) in [7, 11) is 0. The maximum atomic E-state index is 13.5. The SMILES string of the molecule is Cc1ccc(NC(C(=O)O)C(C)C)c(F)c1. The molecule has 0 saturated heterocycles. The first kappa shape index (κ1) is 12.5. The normalized spacial score (nSPS) is 12.6. The number of carbonyl (C=O) groups is 1. The molecule has 1 aromatic rings. The highest BCUT2D eigenvalue weighted by Crippen LogP contribution is 2.18. The van der Waals surface area contributed by atoms with Crippen molar-refractivity contribution in [2.24, 2.45) is 5.92 Å². The smallest absolute Gasteiger partial charge is 0.326 e. The molecule has 1 rings (SSSR count). The first-order valence-corrected chi connectivity index (χ1v) is 5.17. The zero-order valence-corrected chi connectivity index (χ0v) is 9.62. The number of nitrogens with one attached hydrogen (secondary N) is 1. The summed E-state index contributed by atoms with van der Waals surface area (Å²) in [5.41, 5.74) is 1.03. The fourth-order valence-corrected chi connectivity index (χ4v) is 1.42. The Balaban J connectivity index is 2.90. The lowest BCUT2D eigenvalue weighted by Gasteiger charge is -2.19. The van der Waals surface area contributed by atoms with Gasteiger partial charge in [0.25, 0.3) is 0 Å². The molecule has 88 valence electrons. The van der Waals surface area contributed by atoms with Crippen molar-refractivity contribution in [3.8, 4) is 0 Å². The van der Waals surface area contributed by atoms with Gasteiger partial charge < -0.3 is 10.4 Å². The number of aryl methyl sites for hydroxylation is 1. The Labute approximate surface area is 94.3 Å². The Morgan fingerprint density at radius 3 is 2.50 bits per heavy atom. The Morgan fingerprint density at radius 2 is 2.06 bits per heavy atom. The molecule has 0 saturated carbocycles. The van der Waals surface area contributed by atoms with Gasteiger partial charge in [-0.15, -0.1) is 0 Å². The number of benzene rings is 1. The van der Waals surface area contributed by atoms with Crippen LogP contribution in [-0.4, -0.2) is 17.1 Å². The molecule has 0 aliphatic heterocycles. The zero-order chi connectivity index (χ0) is 12.3. The van der Waals surface area contributed by atoms with E-state index in [1.54, 1.807) is 32.9 Å². The number of carboxylic acid groups (broad SMARTS) is 1. The van der Waals surface area contributed by atoms with E-state index in [1.165, 1.54) is 6.07 Å². The van der Waals surface area contributed by atoms with Crippen molar-refractivity contribution >= 4 is 11.7 Å². The van der Waals surface area contributed by atoms with Crippen molar-refractivity contribution in [3.63, 3.8) is 0 Å². The maximum Gasteiger partial charge on any atom is 0.326 e. The molecule has 0 fully saturated rings. The topological polar surface area (TPSA) is 49.3 Å². The number of hydrogen-bond donors (Lipinski definition) is 2. The number of halogens is 1. The second kappa shape index (κ2) is 4.96. The minimum atomic E-state index is -0.977. The summed E-state index contributed by atoms with van der Waals surface area (Å²) >= 11 is 0. The van der Waals surface area contributed by atoms with Gasteiger partial charge in [0.05, 0.1) is 5.69 Å². The van der Waals surface area contributed by atoms with Crippen LogP contribution in [0.1, 0.15) is 19.4 Å². The van der Waals surface area contributed by atoms with E-state index < -0.39 is 17.8 Å². The van der Waals surface area contributed by atoms with Gasteiger partial charge in [0.1, 0.15) is 11.9 Å². The molecule has 3 nitrogen and oxygen atoms in total.